The fraction of sp³-hybridized carbons (Fsp3) is 0.100. The van der Waals surface area contributed by atoms with Gasteiger partial charge in [0.15, 0.2) is 0 Å². The maximum atomic E-state index is 7.07. The molecule has 6 heteroatoms. The molecule has 8 rings (SSSR count). The van der Waals surface area contributed by atoms with E-state index < -0.39 is 0 Å². The molecule has 4 nitrogen and oxygen atoms in total. The number of benzene rings is 3. The molecule has 5 heterocycles. The lowest BCUT2D eigenvalue weighted by Crippen LogP contribution is -2.06. The Morgan fingerprint density at radius 3 is 1.91 bits per heavy atom. The third-order valence-electron chi connectivity index (χ3n) is 8.85. The molecular weight excluding hydrogens is 607 g/mol. The van der Waals surface area contributed by atoms with Crippen LogP contribution >= 0.6 is 23.2 Å². The van der Waals surface area contributed by atoms with Crippen LogP contribution in [0.4, 0.5) is 0 Å². The summed E-state index contributed by atoms with van der Waals surface area (Å²) in [5.41, 5.74) is 15.4. The van der Waals surface area contributed by atoms with Gasteiger partial charge in [-0.3, -0.25) is 0 Å². The molecule has 0 radical (unpaired) electrons. The van der Waals surface area contributed by atoms with Crippen LogP contribution in [0.25, 0.3) is 11.1 Å². The van der Waals surface area contributed by atoms with Crippen LogP contribution in [0.5, 0.6) is 0 Å². The Hall–Kier alpha value is -4.90. The van der Waals surface area contributed by atoms with Crippen LogP contribution < -0.4 is 0 Å². The van der Waals surface area contributed by atoms with Crippen LogP contribution in [0.15, 0.2) is 136 Å². The van der Waals surface area contributed by atoms with Crippen molar-refractivity contribution in [1.29, 1.82) is 0 Å². The molecule has 0 spiro atoms. The van der Waals surface area contributed by atoms with Gasteiger partial charge in [-0.05, 0) is 73.9 Å². The number of hydrogen-bond donors (Lipinski definition) is 2. The molecule has 224 valence electrons. The number of H-pyrrole nitrogens is 2. The van der Waals surface area contributed by atoms with Gasteiger partial charge in [0, 0.05) is 28.2 Å². The number of aromatic amines is 2. The molecule has 46 heavy (non-hydrogen) atoms. The van der Waals surface area contributed by atoms with Gasteiger partial charge in [0.05, 0.1) is 44.5 Å². The summed E-state index contributed by atoms with van der Waals surface area (Å²) in [5.74, 6) is -0.178. The zero-order valence-electron chi connectivity index (χ0n) is 25.6. The van der Waals surface area contributed by atoms with E-state index in [0.29, 0.717) is 15.8 Å². The monoisotopic (exact) mass is 636 g/mol. The maximum absolute atomic E-state index is 7.07. The van der Waals surface area contributed by atoms with E-state index in [2.05, 4.69) is 128 Å². The van der Waals surface area contributed by atoms with Crippen LogP contribution in [0, 0.1) is 20.8 Å². The quantitative estimate of drug-likeness (QED) is 0.198. The molecule has 1 unspecified atom stereocenters. The lowest BCUT2D eigenvalue weighted by Gasteiger charge is -2.17. The van der Waals surface area contributed by atoms with Gasteiger partial charge < -0.3 is 9.97 Å². The maximum Gasteiger partial charge on any atom is 0.0924 e. The number of halogens is 2. The van der Waals surface area contributed by atoms with E-state index >= 15 is 0 Å². The molecule has 0 aliphatic carbocycles. The zero-order chi connectivity index (χ0) is 31.5. The lowest BCUT2D eigenvalue weighted by molar-refractivity contribution is 0.894. The Kier molecular flexibility index (Phi) is 6.93. The van der Waals surface area contributed by atoms with E-state index in [1.807, 2.05) is 12.1 Å². The lowest BCUT2D eigenvalue weighted by atomic mass is 9.92. The van der Waals surface area contributed by atoms with Crippen LogP contribution in [0.1, 0.15) is 62.1 Å². The first-order valence-electron chi connectivity index (χ1n) is 15.3. The summed E-state index contributed by atoms with van der Waals surface area (Å²) in [4.78, 5) is 17.8. The summed E-state index contributed by atoms with van der Waals surface area (Å²) < 4.78 is 0. The van der Waals surface area contributed by atoms with Gasteiger partial charge in [-0.1, -0.05) is 113 Å². The van der Waals surface area contributed by atoms with Crippen LogP contribution in [0.3, 0.4) is 0 Å². The fourth-order valence-corrected chi connectivity index (χ4v) is 6.92. The topological polar surface area (TPSA) is 56.3 Å². The number of nitrogens with zero attached hydrogens (tertiary/aromatic N) is 2. The normalized spacial score (nSPS) is 20.3. The highest BCUT2D eigenvalue weighted by atomic mass is 35.5. The molecule has 2 aromatic heterocycles. The minimum atomic E-state index is -0.178. The van der Waals surface area contributed by atoms with Crippen LogP contribution in [0.2, 0.25) is 5.02 Å². The summed E-state index contributed by atoms with van der Waals surface area (Å²) in [7, 11) is 0. The van der Waals surface area contributed by atoms with Gasteiger partial charge in [-0.2, -0.15) is 0 Å². The van der Waals surface area contributed by atoms with Crippen molar-refractivity contribution in [3.8, 4) is 0 Å². The average molecular weight is 638 g/mol. The van der Waals surface area contributed by atoms with E-state index in [9.17, 15) is 0 Å². The minimum Gasteiger partial charge on any atom is -0.357 e. The summed E-state index contributed by atoms with van der Waals surface area (Å²) in [6.45, 7) is 6.28. The summed E-state index contributed by atoms with van der Waals surface area (Å²) in [5, 5.41) is 1.19. The van der Waals surface area contributed by atoms with Crippen molar-refractivity contribution in [2.75, 3.05) is 0 Å². The number of aromatic nitrogens is 2. The minimum absolute atomic E-state index is 0.178. The van der Waals surface area contributed by atoms with Gasteiger partial charge in [0.1, 0.15) is 0 Å². The second kappa shape index (κ2) is 11.2. The molecule has 3 aromatic carbocycles. The van der Waals surface area contributed by atoms with Crippen LogP contribution in [-0.4, -0.2) is 21.4 Å². The number of fused-ring (bicyclic) bond motifs is 7. The van der Waals surface area contributed by atoms with Crippen molar-refractivity contribution in [2.45, 2.75) is 26.7 Å². The molecule has 3 aliphatic rings. The van der Waals surface area contributed by atoms with Crippen LogP contribution in [-0.2, 0) is 0 Å². The number of nitrogens with one attached hydrogen (secondary N) is 2. The zero-order valence-corrected chi connectivity index (χ0v) is 27.1. The number of rotatable bonds is 3. The fourth-order valence-electron chi connectivity index (χ4n) is 6.42. The highest BCUT2D eigenvalue weighted by Crippen LogP contribution is 2.41. The molecule has 0 saturated carbocycles. The third-order valence-corrected chi connectivity index (χ3v) is 9.45. The highest BCUT2D eigenvalue weighted by molar-refractivity contribution is 6.41. The molecule has 0 amide bonds. The second-order valence-corrected chi connectivity index (χ2v) is 13.0. The summed E-state index contributed by atoms with van der Waals surface area (Å²) >= 11 is 14.1. The second-order valence-electron chi connectivity index (χ2n) is 12.2. The Morgan fingerprint density at radius 2 is 1.24 bits per heavy atom. The molecule has 0 saturated heterocycles. The first kappa shape index (κ1) is 28.6. The van der Waals surface area contributed by atoms with E-state index in [-0.39, 0.29) is 5.92 Å². The first-order valence-corrected chi connectivity index (χ1v) is 16.1. The van der Waals surface area contributed by atoms with Gasteiger partial charge >= 0.3 is 0 Å². The predicted molar refractivity (Wildman–Crippen MR) is 191 cm³/mol. The Balaban J connectivity index is 1.44. The van der Waals surface area contributed by atoms with Crippen molar-refractivity contribution in [2.24, 2.45) is 9.98 Å². The Labute approximate surface area is 278 Å². The van der Waals surface area contributed by atoms with Crippen molar-refractivity contribution < 1.29 is 0 Å². The largest absolute Gasteiger partial charge is 0.357 e. The molecule has 0 fully saturated rings. The summed E-state index contributed by atoms with van der Waals surface area (Å²) in [6, 6.07) is 31.9. The number of allylic oxidation sites excluding steroid dienone is 5. The molecule has 5 aromatic rings. The number of aliphatic imine (C=N–C) groups is 2. The molecule has 1 atom stereocenters. The molecule has 8 bridgehead atoms. The smallest absolute Gasteiger partial charge is 0.0924 e. The Morgan fingerprint density at radius 1 is 0.609 bits per heavy atom. The van der Waals surface area contributed by atoms with Crippen molar-refractivity contribution in [1.82, 2.24) is 9.97 Å². The highest BCUT2D eigenvalue weighted by Gasteiger charge is 2.29. The standard InChI is InChI=1S/C40H30Cl2N4/c1-22-4-10-25(11-5-22)36-30-16-18-32(43-30)37(26-12-6-23(2)7-13-26)39-28(41)20-34(45-39)35-21-29(42)40(46-35)38(33-19-17-31(36)44-33)27-14-8-24(3)9-15-27/h4-21,37,43,45H,1-3H3/b36-31-,40-38-. The Bertz CT molecular complexity index is 2220. The van der Waals surface area contributed by atoms with E-state index in [0.717, 1.165) is 67.7 Å². The van der Waals surface area contributed by atoms with E-state index in [1.54, 1.807) is 0 Å². The van der Waals surface area contributed by atoms with Crippen molar-refractivity contribution in [3.63, 3.8) is 0 Å². The molecular formula is C40H30Cl2N4. The number of aryl methyl sites for hydroxylation is 3. The van der Waals surface area contributed by atoms with Gasteiger partial charge in [0.2, 0.25) is 0 Å². The van der Waals surface area contributed by atoms with Gasteiger partial charge in [-0.15, -0.1) is 0 Å². The van der Waals surface area contributed by atoms with Crippen molar-refractivity contribution >= 4 is 45.8 Å². The third kappa shape index (κ3) is 4.95. The van der Waals surface area contributed by atoms with Gasteiger partial charge in [-0.25, -0.2) is 9.98 Å². The van der Waals surface area contributed by atoms with Gasteiger partial charge in [0.25, 0.3) is 0 Å². The molecule has 2 N–H and O–H groups in total. The SMILES string of the molecule is Cc1ccc(/C2=C3/N=C(C=C3Cl)c3cc(Cl)c([nH]3)C(c3ccc(C)cc3)c3ccc([nH]3)/C(c3ccc(C)cc3)=C3/C=CC2=N3)cc1. The average Bonchev–Trinajstić information content (AvgIpc) is 3.86. The van der Waals surface area contributed by atoms with E-state index in [1.165, 1.54) is 16.7 Å². The molecule has 3 aliphatic heterocycles. The summed E-state index contributed by atoms with van der Waals surface area (Å²) in [6.07, 6.45) is 6.07. The van der Waals surface area contributed by atoms with E-state index in [4.69, 9.17) is 33.2 Å². The van der Waals surface area contributed by atoms with Crippen molar-refractivity contribution in [3.05, 3.63) is 187 Å². The first-order chi connectivity index (χ1) is 22.3. The number of hydrogen-bond acceptors (Lipinski definition) is 2. The predicted octanol–water partition coefficient (Wildman–Crippen LogP) is 10.2.